The number of aliphatic imine (C=N–C) groups is 2. The monoisotopic (exact) mass is 648 g/mol. The molecule has 242 valence electrons. The van der Waals surface area contributed by atoms with E-state index in [2.05, 4.69) is 74.5 Å². The standard InChI is InChI=1S/C46H36N2O2/c1-29(33-21-19-31-11-3-5-13-35(31)23-33)47-27-39-25-37-15-7-9-17-41(37)43(45(39)49)44-42-18-10-8-16-38(42)26-40(46(44)50)28-48-30(2)34-22-20-32-12-4-6-14-36(32)24-34/h3-30,49-50H,1-2H3/t29-,30-/m0/s1. The minimum Gasteiger partial charge on any atom is -0.507 e. The van der Waals surface area contributed by atoms with Gasteiger partial charge in [0.25, 0.3) is 0 Å². The second-order valence-electron chi connectivity index (χ2n) is 12.9. The van der Waals surface area contributed by atoms with Crippen LogP contribution in [0.2, 0.25) is 0 Å². The van der Waals surface area contributed by atoms with Gasteiger partial charge in [0.1, 0.15) is 11.5 Å². The van der Waals surface area contributed by atoms with Gasteiger partial charge in [0.2, 0.25) is 0 Å². The third kappa shape index (κ3) is 5.75. The van der Waals surface area contributed by atoms with Gasteiger partial charge in [-0.3, -0.25) is 9.98 Å². The van der Waals surface area contributed by atoms with Crippen LogP contribution in [0, 0.1) is 0 Å². The van der Waals surface area contributed by atoms with Crippen LogP contribution in [-0.2, 0) is 0 Å². The molecule has 0 fully saturated rings. The van der Waals surface area contributed by atoms with E-state index in [0.717, 1.165) is 32.7 Å². The Morgan fingerprint density at radius 1 is 0.420 bits per heavy atom. The van der Waals surface area contributed by atoms with Crippen LogP contribution in [0.5, 0.6) is 11.5 Å². The third-order valence-electron chi connectivity index (χ3n) is 9.74. The van der Waals surface area contributed by atoms with Gasteiger partial charge in [-0.15, -0.1) is 0 Å². The lowest BCUT2D eigenvalue weighted by atomic mass is 9.89. The molecule has 0 heterocycles. The van der Waals surface area contributed by atoms with E-state index in [4.69, 9.17) is 9.98 Å². The molecule has 4 nitrogen and oxygen atoms in total. The van der Waals surface area contributed by atoms with Crippen LogP contribution in [-0.4, -0.2) is 22.6 Å². The average molecular weight is 649 g/mol. The summed E-state index contributed by atoms with van der Waals surface area (Å²) in [4.78, 5) is 9.81. The van der Waals surface area contributed by atoms with Crippen LogP contribution in [0.25, 0.3) is 54.2 Å². The first kappa shape index (κ1) is 31.0. The molecule has 0 spiro atoms. The van der Waals surface area contributed by atoms with E-state index in [9.17, 15) is 10.2 Å². The maximum Gasteiger partial charge on any atom is 0.132 e. The number of phenols is 2. The van der Waals surface area contributed by atoms with Gasteiger partial charge in [0.05, 0.1) is 12.1 Å². The molecule has 0 amide bonds. The van der Waals surface area contributed by atoms with Gasteiger partial charge in [0, 0.05) is 34.7 Å². The van der Waals surface area contributed by atoms with Crippen molar-refractivity contribution in [3.63, 3.8) is 0 Å². The zero-order valence-corrected chi connectivity index (χ0v) is 28.0. The summed E-state index contributed by atoms with van der Waals surface area (Å²) in [5, 5.41) is 32.4. The maximum atomic E-state index is 12.1. The highest BCUT2D eigenvalue weighted by atomic mass is 16.3. The predicted molar refractivity (Wildman–Crippen MR) is 210 cm³/mol. The van der Waals surface area contributed by atoms with Crippen molar-refractivity contribution in [3.8, 4) is 22.6 Å². The maximum absolute atomic E-state index is 12.1. The van der Waals surface area contributed by atoms with E-state index in [1.165, 1.54) is 21.5 Å². The Hall–Kier alpha value is -6.26. The lowest BCUT2D eigenvalue weighted by Crippen LogP contribution is -1.96. The first-order valence-electron chi connectivity index (χ1n) is 17.0. The molecule has 0 aromatic heterocycles. The van der Waals surface area contributed by atoms with Gasteiger partial charge < -0.3 is 10.2 Å². The number of phenolic OH excluding ortho intramolecular Hbond substituents is 2. The van der Waals surface area contributed by atoms with Gasteiger partial charge in [-0.1, -0.05) is 121 Å². The summed E-state index contributed by atoms with van der Waals surface area (Å²) in [6, 6.07) is 48.9. The van der Waals surface area contributed by atoms with E-state index in [1.54, 1.807) is 12.4 Å². The molecule has 2 N–H and O–H groups in total. The molecule has 0 saturated carbocycles. The number of aromatic hydroxyl groups is 2. The van der Waals surface area contributed by atoms with Crippen LogP contribution in [0.1, 0.15) is 48.2 Å². The highest BCUT2D eigenvalue weighted by Gasteiger charge is 2.21. The zero-order chi connectivity index (χ0) is 34.2. The van der Waals surface area contributed by atoms with Crippen molar-refractivity contribution in [2.75, 3.05) is 0 Å². The summed E-state index contributed by atoms with van der Waals surface area (Å²) in [5.41, 5.74) is 4.48. The number of rotatable bonds is 7. The van der Waals surface area contributed by atoms with Gasteiger partial charge in [0.15, 0.2) is 0 Å². The smallest absolute Gasteiger partial charge is 0.132 e. The Morgan fingerprint density at radius 2 is 0.780 bits per heavy atom. The fourth-order valence-electron chi connectivity index (χ4n) is 6.91. The Bertz CT molecular complexity index is 2440. The molecule has 0 aliphatic carbocycles. The summed E-state index contributed by atoms with van der Waals surface area (Å²) in [6.07, 6.45) is 3.50. The van der Waals surface area contributed by atoms with Crippen molar-refractivity contribution < 1.29 is 10.2 Å². The average Bonchev–Trinajstić information content (AvgIpc) is 3.16. The van der Waals surface area contributed by atoms with Crippen LogP contribution >= 0.6 is 0 Å². The molecule has 0 radical (unpaired) electrons. The molecule has 0 unspecified atom stereocenters. The Balaban J connectivity index is 1.23. The summed E-state index contributed by atoms with van der Waals surface area (Å²) in [6.45, 7) is 4.11. The lowest BCUT2D eigenvalue weighted by molar-refractivity contribution is 0.469. The van der Waals surface area contributed by atoms with Gasteiger partial charge in [-0.05, 0) is 92.3 Å². The lowest BCUT2D eigenvalue weighted by Gasteiger charge is -2.18. The van der Waals surface area contributed by atoms with Crippen LogP contribution in [0.4, 0.5) is 0 Å². The first-order chi connectivity index (χ1) is 24.4. The van der Waals surface area contributed by atoms with Gasteiger partial charge >= 0.3 is 0 Å². The normalized spacial score (nSPS) is 13.2. The zero-order valence-electron chi connectivity index (χ0n) is 28.0. The predicted octanol–water partition coefficient (Wildman–Crippen LogP) is 11.7. The Kier molecular flexibility index (Phi) is 8.06. The van der Waals surface area contributed by atoms with Crippen molar-refractivity contribution in [1.29, 1.82) is 0 Å². The molecular formula is C46H36N2O2. The van der Waals surface area contributed by atoms with E-state index in [-0.39, 0.29) is 23.6 Å². The highest BCUT2D eigenvalue weighted by molar-refractivity contribution is 6.14. The third-order valence-corrected chi connectivity index (χ3v) is 9.74. The molecular weight excluding hydrogens is 613 g/mol. The molecule has 0 aliphatic rings. The molecule has 0 saturated heterocycles. The summed E-state index contributed by atoms with van der Waals surface area (Å²) < 4.78 is 0. The molecule has 4 heteroatoms. The second kappa shape index (κ2) is 13.0. The molecule has 2 atom stereocenters. The van der Waals surface area contributed by atoms with Crippen molar-refractivity contribution in [3.05, 3.63) is 168 Å². The minimum absolute atomic E-state index is 0.0669. The fourth-order valence-corrected chi connectivity index (χ4v) is 6.91. The topological polar surface area (TPSA) is 65.2 Å². The van der Waals surface area contributed by atoms with Crippen LogP contribution in [0.3, 0.4) is 0 Å². The molecule has 8 aromatic carbocycles. The first-order valence-corrected chi connectivity index (χ1v) is 17.0. The molecule has 8 aromatic rings. The number of nitrogens with zero attached hydrogens (tertiary/aromatic N) is 2. The Labute approximate surface area is 291 Å². The number of hydrogen-bond acceptors (Lipinski definition) is 4. The second-order valence-corrected chi connectivity index (χ2v) is 12.9. The van der Waals surface area contributed by atoms with E-state index in [0.29, 0.717) is 22.3 Å². The van der Waals surface area contributed by atoms with Crippen LogP contribution < -0.4 is 0 Å². The summed E-state index contributed by atoms with van der Waals surface area (Å²) in [7, 11) is 0. The molecule has 0 bridgehead atoms. The van der Waals surface area contributed by atoms with Crippen molar-refractivity contribution in [1.82, 2.24) is 0 Å². The van der Waals surface area contributed by atoms with E-state index in [1.807, 2.05) is 84.9 Å². The van der Waals surface area contributed by atoms with Gasteiger partial charge in [-0.25, -0.2) is 0 Å². The highest BCUT2D eigenvalue weighted by Crippen LogP contribution is 2.47. The number of benzene rings is 8. The quantitative estimate of drug-likeness (QED) is 0.169. The number of fused-ring (bicyclic) bond motifs is 4. The van der Waals surface area contributed by atoms with E-state index >= 15 is 0 Å². The van der Waals surface area contributed by atoms with Crippen molar-refractivity contribution >= 4 is 55.5 Å². The fraction of sp³-hybridized carbons (Fsp3) is 0.0870. The minimum atomic E-state index is -0.132. The summed E-state index contributed by atoms with van der Waals surface area (Å²) >= 11 is 0. The van der Waals surface area contributed by atoms with Crippen LogP contribution in [0.15, 0.2) is 156 Å². The molecule has 50 heavy (non-hydrogen) atoms. The van der Waals surface area contributed by atoms with Gasteiger partial charge in [-0.2, -0.15) is 0 Å². The summed E-state index contributed by atoms with van der Waals surface area (Å²) in [5.74, 6) is 0.134. The van der Waals surface area contributed by atoms with Crippen molar-refractivity contribution in [2.45, 2.75) is 25.9 Å². The Morgan fingerprint density at radius 3 is 1.20 bits per heavy atom. The molecule has 8 rings (SSSR count). The molecule has 0 aliphatic heterocycles. The van der Waals surface area contributed by atoms with Crippen molar-refractivity contribution in [2.24, 2.45) is 9.98 Å². The number of hydrogen-bond donors (Lipinski definition) is 2. The SMILES string of the molecule is C[C@H](N=Cc1cc2ccccc2c(-c2c(O)c(C=N[C@@H](C)c3ccc4ccccc4c3)cc3ccccc23)c1O)c1ccc2ccccc2c1. The van der Waals surface area contributed by atoms with E-state index < -0.39 is 0 Å². The largest absolute Gasteiger partial charge is 0.507 e.